The highest BCUT2D eigenvalue weighted by Gasteiger charge is 2.21. The van der Waals surface area contributed by atoms with Gasteiger partial charge in [0.2, 0.25) is 0 Å². The van der Waals surface area contributed by atoms with Crippen molar-refractivity contribution >= 4 is 12.3 Å². The van der Waals surface area contributed by atoms with Crippen molar-refractivity contribution in [3.63, 3.8) is 0 Å². The minimum absolute atomic E-state index is 0.000694. The van der Waals surface area contributed by atoms with E-state index in [1.807, 2.05) is 0 Å². The fourth-order valence-corrected chi connectivity index (χ4v) is 0.914. The van der Waals surface area contributed by atoms with Crippen LogP contribution >= 0.6 is 0 Å². The minimum Gasteiger partial charge on any atom is -0.461 e. The Hall–Kier alpha value is -1.58. The van der Waals surface area contributed by atoms with Crippen molar-refractivity contribution in [1.82, 2.24) is 0 Å². The second-order valence-electron chi connectivity index (χ2n) is 3.82. The molecule has 0 N–H and O–H groups in total. The van der Waals surface area contributed by atoms with E-state index >= 15 is 0 Å². The molecule has 0 radical (unpaired) electrons. The number of rotatable bonds is 2. The van der Waals surface area contributed by atoms with Gasteiger partial charge >= 0.3 is 5.97 Å². The van der Waals surface area contributed by atoms with Crippen molar-refractivity contribution in [3.05, 3.63) is 23.7 Å². The van der Waals surface area contributed by atoms with Crippen molar-refractivity contribution < 1.29 is 18.7 Å². The maximum Gasteiger partial charge on any atom is 0.342 e. The minimum atomic E-state index is -0.575. The molecule has 1 aromatic heterocycles. The highest BCUT2D eigenvalue weighted by atomic mass is 16.6. The number of carbonyl (C=O) groups excluding carboxylic acids is 2. The molecule has 1 rings (SSSR count). The summed E-state index contributed by atoms with van der Waals surface area (Å²) in [6, 6.07) is 1.41. The predicted molar refractivity (Wildman–Crippen MR) is 49.3 cm³/mol. The van der Waals surface area contributed by atoms with Crippen LogP contribution in [-0.4, -0.2) is 17.9 Å². The number of hydrogen-bond acceptors (Lipinski definition) is 4. The van der Waals surface area contributed by atoms with Crippen LogP contribution in [0.15, 0.2) is 16.7 Å². The molecule has 1 heterocycles. The molecule has 0 amide bonds. The van der Waals surface area contributed by atoms with Gasteiger partial charge in [0.1, 0.15) is 11.2 Å². The molecule has 14 heavy (non-hydrogen) atoms. The van der Waals surface area contributed by atoms with Gasteiger partial charge in [0.05, 0.1) is 6.26 Å². The average molecular weight is 196 g/mol. The molecule has 1 aromatic rings. The summed E-state index contributed by atoms with van der Waals surface area (Å²) < 4.78 is 9.85. The lowest BCUT2D eigenvalue weighted by Crippen LogP contribution is -2.24. The van der Waals surface area contributed by atoms with Crippen LogP contribution in [-0.2, 0) is 4.74 Å². The van der Waals surface area contributed by atoms with Crippen molar-refractivity contribution in [2.45, 2.75) is 26.4 Å². The normalized spacial score (nSPS) is 11.1. The smallest absolute Gasteiger partial charge is 0.342 e. The summed E-state index contributed by atoms with van der Waals surface area (Å²) in [5.41, 5.74) is -0.413. The molecule has 0 aliphatic rings. The Bertz CT molecular complexity index is 343. The third-order valence-electron chi connectivity index (χ3n) is 1.42. The lowest BCUT2D eigenvalue weighted by Gasteiger charge is -2.18. The first-order chi connectivity index (χ1) is 6.44. The topological polar surface area (TPSA) is 56.5 Å². The molecule has 4 heteroatoms. The van der Waals surface area contributed by atoms with E-state index in [-0.39, 0.29) is 11.3 Å². The quantitative estimate of drug-likeness (QED) is 0.536. The first-order valence-electron chi connectivity index (χ1n) is 4.20. The van der Waals surface area contributed by atoms with Crippen LogP contribution in [0.5, 0.6) is 0 Å². The van der Waals surface area contributed by atoms with Crippen molar-refractivity contribution in [1.29, 1.82) is 0 Å². The highest BCUT2D eigenvalue weighted by molar-refractivity contribution is 5.96. The molecule has 0 unspecified atom stereocenters. The number of esters is 1. The largest absolute Gasteiger partial charge is 0.461 e. The molecule has 0 fully saturated rings. The molecule has 0 bridgehead atoms. The summed E-state index contributed by atoms with van der Waals surface area (Å²) in [5, 5.41) is 0. The van der Waals surface area contributed by atoms with Crippen molar-refractivity contribution in [3.8, 4) is 0 Å². The van der Waals surface area contributed by atoms with Gasteiger partial charge in [-0.2, -0.15) is 0 Å². The number of aldehydes is 1. The van der Waals surface area contributed by atoms with Crippen LogP contribution in [0.25, 0.3) is 0 Å². The van der Waals surface area contributed by atoms with E-state index in [1.165, 1.54) is 12.3 Å². The Morgan fingerprint density at radius 2 is 2.14 bits per heavy atom. The second kappa shape index (κ2) is 3.65. The molecule has 0 saturated carbocycles. The van der Waals surface area contributed by atoms with E-state index in [9.17, 15) is 9.59 Å². The van der Waals surface area contributed by atoms with E-state index in [0.717, 1.165) is 0 Å². The summed E-state index contributed by atoms with van der Waals surface area (Å²) in [6.45, 7) is 5.27. The summed E-state index contributed by atoms with van der Waals surface area (Å²) in [5.74, 6) is -0.549. The number of ether oxygens (including phenoxy) is 1. The van der Waals surface area contributed by atoms with Crippen LogP contribution in [0.1, 0.15) is 41.7 Å². The first kappa shape index (κ1) is 10.5. The zero-order valence-electron chi connectivity index (χ0n) is 8.37. The summed E-state index contributed by atoms with van der Waals surface area (Å²) in [6.07, 6.45) is 1.77. The van der Waals surface area contributed by atoms with Crippen LogP contribution in [0.4, 0.5) is 0 Å². The summed E-state index contributed by atoms with van der Waals surface area (Å²) in [4.78, 5) is 21.9. The lowest BCUT2D eigenvalue weighted by molar-refractivity contribution is 0.00673. The molecule has 0 aliphatic heterocycles. The van der Waals surface area contributed by atoms with Gasteiger partial charge in [-0.3, -0.25) is 4.79 Å². The number of furan rings is 1. The van der Waals surface area contributed by atoms with Crippen LogP contribution in [0.3, 0.4) is 0 Å². The van der Waals surface area contributed by atoms with Crippen LogP contribution in [0.2, 0.25) is 0 Å². The van der Waals surface area contributed by atoms with Gasteiger partial charge in [-0.25, -0.2) is 4.79 Å². The molecule has 0 spiro atoms. The van der Waals surface area contributed by atoms with Gasteiger partial charge in [-0.05, 0) is 26.8 Å². The van der Waals surface area contributed by atoms with E-state index < -0.39 is 11.6 Å². The Labute approximate surface area is 81.9 Å². The Morgan fingerprint density at radius 3 is 2.64 bits per heavy atom. The zero-order chi connectivity index (χ0) is 10.8. The molecule has 4 nitrogen and oxygen atoms in total. The second-order valence-corrected chi connectivity index (χ2v) is 3.82. The van der Waals surface area contributed by atoms with E-state index in [4.69, 9.17) is 9.15 Å². The maximum absolute atomic E-state index is 11.5. The molecule has 0 aliphatic carbocycles. The van der Waals surface area contributed by atoms with Crippen molar-refractivity contribution in [2.75, 3.05) is 0 Å². The highest BCUT2D eigenvalue weighted by Crippen LogP contribution is 2.15. The van der Waals surface area contributed by atoms with E-state index in [0.29, 0.717) is 6.29 Å². The average Bonchev–Trinajstić information content (AvgIpc) is 2.47. The molecular formula is C10H12O4. The zero-order valence-corrected chi connectivity index (χ0v) is 8.37. The summed E-state index contributed by atoms with van der Waals surface area (Å²) in [7, 11) is 0. The molecule has 76 valence electrons. The third kappa shape index (κ3) is 2.45. The predicted octanol–water partition coefficient (Wildman–Crippen LogP) is 2.05. The number of carbonyl (C=O) groups is 2. The Morgan fingerprint density at radius 1 is 1.50 bits per heavy atom. The maximum atomic E-state index is 11.5. The van der Waals surface area contributed by atoms with Gasteiger partial charge < -0.3 is 9.15 Å². The van der Waals surface area contributed by atoms with E-state index in [2.05, 4.69) is 0 Å². The van der Waals surface area contributed by atoms with Crippen LogP contribution < -0.4 is 0 Å². The van der Waals surface area contributed by atoms with Gasteiger partial charge in [0.15, 0.2) is 12.0 Å². The third-order valence-corrected chi connectivity index (χ3v) is 1.42. The SMILES string of the molecule is CC(C)(C)OC(=O)c1ccoc1C=O. The fourth-order valence-electron chi connectivity index (χ4n) is 0.914. The molecular weight excluding hydrogens is 184 g/mol. The van der Waals surface area contributed by atoms with Gasteiger partial charge in [0, 0.05) is 0 Å². The summed E-state index contributed by atoms with van der Waals surface area (Å²) >= 11 is 0. The first-order valence-corrected chi connectivity index (χ1v) is 4.20. The Kier molecular flexibility index (Phi) is 2.74. The van der Waals surface area contributed by atoms with Gasteiger partial charge in [-0.15, -0.1) is 0 Å². The monoisotopic (exact) mass is 196 g/mol. The van der Waals surface area contributed by atoms with Gasteiger partial charge in [0.25, 0.3) is 0 Å². The van der Waals surface area contributed by atoms with Gasteiger partial charge in [-0.1, -0.05) is 0 Å². The van der Waals surface area contributed by atoms with Crippen molar-refractivity contribution in [2.24, 2.45) is 0 Å². The lowest BCUT2D eigenvalue weighted by atomic mass is 10.2. The molecule has 0 aromatic carbocycles. The Balaban J connectivity index is 2.85. The van der Waals surface area contributed by atoms with E-state index in [1.54, 1.807) is 20.8 Å². The molecule has 0 atom stereocenters. The number of hydrogen-bond donors (Lipinski definition) is 0. The standard InChI is InChI=1S/C10H12O4/c1-10(2,3)14-9(12)7-4-5-13-8(7)6-11/h4-6H,1-3H3. The molecule has 0 saturated heterocycles. The fraction of sp³-hybridized carbons (Fsp3) is 0.400. The van der Waals surface area contributed by atoms with Crippen LogP contribution in [0, 0.1) is 0 Å².